The zero-order chi connectivity index (χ0) is 55.0. The van der Waals surface area contributed by atoms with Gasteiger partial charge < -0.3 is 14.4 Å². The molecule has 0 spiro atoms. The summed E-state index contributed by atoms with van der Waals surface area (Å²) >= 11 is 9.61. The molecule has 8 aromatic carbocycles. The third-order valence-corrected chi connectivity index (χ3v) is 23.6. The van der Waals surface area contributed by atoms with E-state index in [2.05, 4.69) is 220 Å². The molecule has 6 aliphatic heterocycles. The van der Waals surface area contributed by atoms with E-state index in [-0.39, 0.29) is 36.4 Å². The Morgan fingerprint density at radius 3 is 1.39 bits per heavy atom. The lowest BCUT2D eigenvalue weighted by Gasteiger charge is -2.45. The Hall–Kier alpha value is -5.88. The van der Waals surface area contributed by atoms with Crippen LogP contribution in [0.2, 0.25) is 0 Å². The molecule has 4 nitrogen and oxygen atoms in total. The Kier molecular flexibility index (Phi) is 10.5. The highest BCUT2D eigenvalue weighted by Gasteiger charge is 2.50. The standard InChI is InChI=1S/C68H59B3N2O2S5/c1-34-22-49-59-50(23-34)73(76-13)48-33-52-46(71-61-54(75-52)25-36(3)27-58(61)78-63-42-29-39(68(10,11)12)17-21-56(42)80-65(63)71)31-44(48)69(59)43-30-45-51(32-47(43)72(49)40-18-14-37(15-19-40)66(4,5)6)74-53-24-35(2)26-57-60(53)70(45)64-62(77-57)41-28-38(67(7,8)9)16-20-55(41)79-64/h14-33H,1-13H3. The Bertz CT molecular complexity index is 4440. The predicted octanol–water partition coefficient (Wildman–Crippen LogP) is 14.1. The molecule has 0 unspecified atom stereocenters. The van der Waals surface area contributed by atoms with Crippen LogP contribution in [0.15, 0.2) is 141 Å². The SMILES string of the molecule is CSN1c2cc3c(cc2B2c4cc5c(cc4N(c4ccc(C(C)(C)C)cc4)c4cc(C)cc1c42)Oc1cc(C)cc2c1B5c1sc4ccc(C(C)(C)C)cc4c1S2)B1c2sc4ccc(C(C)(C)C)cc4c2Sc2cc(C)cc(c21)O3. The van der Waals surface area contributed by atoms with Gasteiger partial charge in [0.1, 0.15) is 23.0 Å². The van der Waals surface area contributed by atoms with E-state index in [1.807, 2.05) is 46.2 Å². The number of nitrogens with zero attached hydrogens (tertiary/aromatic N) is 2. The van der Waals surface area contributed by atoms with Crippen LogP contribution in [0.3, 0.4) is 0 Å². The summed E-state index contributed by atoms with van der Waals surface area (Å²) < 4.78 is 22.7. The van der Waals surface area contributed by atoms with Gasteiger partial charge in [-0.15, -0.1) is 22.7 Å². The molecule has 6 aliphatic rings. The number of anilines is 5. The predicted molar refractivity (Wildman–Crippen MR) is 352 cm³/mol. The Morgan fingerprint density at radius 1 is 0.425 bits per heavy atom. The number of ether oxygens (including phenoxy) is 2. The van der Waals surface area contributed by atoms with Crippen LogP contribution in [-0.4, -0.2) is 26.4 Å². The monoisotopic (exact) mass is 1130 g/mol. The largest absolute Gasteiger partial charge is 0.458 e. The summed E-state index contributed by atoms with van der Waals surface area (Å²) in [7, 11) is 0. The van der Waals surface area contributed by atoms with Crippen molar-refractivity contribution in [1.82, 2.24) is 0 Å². The molecule has 0 amide bonds. The topological polar surface area (TPSA) is 24.9 Å². The fourth-order valence-electron chi connectivity index (χ4n) is 13.8. The summed E-state index contributed by atoms with van der Waals surface area (Å²) in [6, 6.07) is 48.0. The smallest absolute Gasteiger partial charge is 0.266 e. The van der Waals surface area contributed by atoms with Crippen molar-refractivity contribution in [2.75, 3.05) is 15.5 Å². The van der Waals surface area contributed by atoms with Crippen LogP contribution in [0.4, 0.5) is 28.4 Å². The molecule has 0 atom stereocenters. The van der Waals surface area contributed by atoms with Gasteiger partial charge in [0.15, 0.2) is 0 Å². The quantitative estimate of drug-likeness (QED) is 0.126. The summed E-state index contributed by atoms with van der Waals surface area (Å²) in [5, 5.41) is 2.73. The minimum atomic E-state index is -0.101. The van der Waals surface area contributed by atoms with E-state index >= 15 is 0 Å². The van der Waals surface area contributed by atoms with Gasteiger partial charge in [-0.2, -0.15) is 0 Å². The molecule has 16 rings (SSSR count). The minimum absolute atomic E-state index is 0.00535. The maximum Gasteiger partial charge on any atom is 0.266 e. The maximum atomic E-state index is 7.38. The van der Waals surface area contributed by atoms with Gasteiger partial charge in [-0.05, 0) is 203 Å². The fraction of sp³-hybridized carbons (Fsp3) is 0.235. The van der Waals surface area contributed by atoms with Crippen molar-refractivity contribution in [2.45, 2.75) is 119 Å². The molecular formula is C68H59B3N2O2S5. The highest BCUT2D eigenvalue weighted by molar-refractivity contribution is 8.01. The lowest BCUT2D eigenvalue weighted by atomic mass is 9.30. The van der Waals surface area contributed by atoms with E-state index < -0.39 is 0 Å². The van der Waals surface area contributed by atoms with Gasteiger partial charge in [-0.3, -0.25) is 4.31 Å². The van der Waals surface area contributed by atoms with Gasteiger partial charge in [0, 0.05) is 75.2 Å². The van der Waals surface area contributed by atoms with Gasteiger partial charge >= 0.3 is 0 Å². The molecule has 10 aromatic rings. The third-order valence-electron chi connectivity index (χ3n) is 17.8. The average molecular weight is 1130 g/mol. The van der Waals surface area contributed by atoms with Crippen LogP contribution in [0.5, 0.6) is 23.0 Å². The summed E-state index contributed by atoms with van der Waals surface area (Å²) in [5.41, 5.74) is 22.7. The van der Waals surface area contributed by atoms with Gasteiger partial charge in [0.25, 0.3) is 20.1 Å². The lowest BCUT2D eigenvalue weighted by molar-refractivity contribution is 0.486. The first-order chi connectivity index (χ1) is 38.2. The van der Waals surface area contributed by atoms with Crippen molar-refractivity contribution in [3.63, 3.8) is 0 Å². The van der Waals surface area contributed by atoms with Crippen LogP contribution in [0.1, 0.15) is 95.7 Å². The van der Waals surface area contributed by atoms with Crippen molar-refractivity contribution in [2.24, 2.45) is 0 Å². The van der Waals surface area contributed by atoms with Crippen LogP contribution in [0, 0.1) is 20.8 Å². The fourth-order valence-corrected chi connectivity index (χ4v) is 20.1. The Labute approximate surface area is 492 Å². The first-order valence-corrected chi connectivity index (χ1v) is 32.5. The van der Waals surface area contributed by atoms with E-state index in [0.717, 1.165) is 34.4 Å². The molecule has 2 aromatic heterocycles. The highest BCUT2D eigenvalue weighted by Crippen LogP contribution is 2.50. The minimum Gasteiger partial charge on any atom is -0.458 e. The molecule has 0 saturated carbocycles. The number of fused-ring (bicyclic) bond motifs is 16. The molecule has 0 radical (unpaired) electrons. The zero-order valence-corrected chi connectivity index (χ0v) is 51.6. The van der Waals surface area contributed by atoms with E-state index in [1.54, 1.807) is 11.9 Å². The average Bonchev–Trinajstić information content (AvgIpc) is 4.12. The summed E-state index contributed by atoms with van der Waals surface area (Å²) in [4.78, 5) is 7.94. The second-order valence-corrected chi connectivity index (χ2v) is 31.3. The van der Waals surface area contributed by atoms with Gasteiger partial charge in [-0.25, -0.2) is 0 Å². The molecular weight excluding hydrogens is 1070 g/mol. The molecule has 12 heteroatoms. The van der Waals surface area contributed by atoms with Gasteiger partial charge in [0.05, 0.1) is 11.4 Å². The summed E-state index contributed by atoms with van der Waals surface area (Å²) in [5.74, 6) is 3.83. The molecule has 0 N–H and O–H groups in total. The van der Waals surface area contributed by atoms with Crippen molar-refractivity contribution in [3.05, 3.63) is 155 Å². The zero-order valence-electron chi connectivity index (χ0n) is 47.5. The second-order valence-electron chi connectivity index (χ2n) is 26.3. The molecule has 8 heterocycles. The number of hydrogen-bond donors (Lipinski definition) is 0. The Morgan fingerprint density at radius 2 is 0.887 bits per heavy atom. The summed E-state index contributed by atoms with van der Waals surface area (Å²) in [6.07, 6.45) is 2.23. The van der Waals surface area contributed by atoms with Crippen molar-refractivity contribution >= 4 is 175 Å². The molecule has 0 bridgehead atoms. The molecule has 392 valence electrons. The Balaban J connectivity index is 0.970. The number of hydrogen-bond acceptors (Lipinski definition) is 9. The van der Waals surface area contributed by atoms with Crippen molar-refractivity contribution < 1.29 is 9.47 Å². The van der Waals surface area contributed by atoms with Crippen molar-refractivity contribution in [3.8, 4) is 23.0 Å². The number of aryl methyl sites for hydroxylation is 3. The van der Waals surface area contributed by atoms with E-state index in [9.17, 15) is 0 Å². The second kappa shape index (κ2) is 16.9. The van der Waals surface area contributed by atoms with E-state index in [1.165, 1.54) is 138 Å². The lowest BCUT2D eigenvalue weighted by Crippen LogP contribution is -2.65. The molecule has 0 aliphatic carbocycles. The van der Waals surface area contributed by atoms with Crippen molar-refractivity contribution in [1.29, 1.82) is 0 Å². The number of rotatable bonds is 2. The van der Waals surface area contributed by atoms with Crippen LogP contribution >= 0.6 is 58.1 Å². The van der Waals surface area contributed by atoms with E-state index in [4.69, 9.17) is 9.47 Å². The van der Waals surface area contributed by atoms with Crippen LogP contribution in [-0.2, 0) is 16.2 Å². The molecule has 0 fully saturated rings. The molecule has 0 saturated heterocycles. The normalized spacial score (nSPS) is 15.1. The highest BCUT2D eigenvalue weighted by atomic mass is 32.2. The van der Waals surface area contributed by atoms with E-state index in [0.29, 0.717) is 0 Å². The number of thiophene rings is 2. The first kappa shape index (κ1) is 49.9. The van der Waals surface area contributed by atoms with Gasteiger partial charge in [-0.1, -0.05) is 122 Å². The summed E-state index contributed by atoms with van der Waals surface area (Å²) in [6.45, 7) is 27.5. The van der Waals surface area contributed by atoms with Crippen LogP contribution < -0.4 is 66.5 Å². The van der Waals surface area contributed by atoms with Gasteiger partial charge in [0.2, 0.25) is 0 Å². The third kappa shape index (κ3) is 7.14. The number of benzene rings is 8. The first-order valence-electron chi connectivity index (χ1n) is 28.1. The maximum absolute atomic E-state index is 7.38. The van der Waals surface area contributed by atoms with Crippen LogP contribution in [0.25, 0.3) is 20.2 Å². The molecule has 80 heavy (non-hydrogen) atoms.